The molecular formula is C16H23BrFN. The molecule has 1 nitrogen and oxygen atoms in total. The summed E-state index contributed by atoms with van der Waals surface area (Å²) in [4.78, 5) is 0. The Bertz CT molecular complexity index is 425. The van der Waals surface area contributed by atoms with Crippen LogP contribution in [-0.4, -0.2) is 7.05 Å². The summed E-state index contributed by atoms with van der Waals surface area (Å²) in [5.74, 6) is 2.02. The predicted molar refractivity (Wildman–Crippen MR) is 81.6 cm³/mol. The predicted octanol–water partition coefficient (Wildman–Crippen LogP) is 4.92. The largest absolute Gasteiger partial charge is 0.313 e. The molecule has 3 heteroatoms. The Labute approximate surface area is 124 Å². The summed E-state index contributed by atoms with van der Waals surface area (Å²) in [5.41, 5.74) is 1.18. The summed E-state index contributed by atoms with van der Waals surface area (Å²) in [7, 11) is 2.01. The van der Waals surface area contributed by atoms with Gasteiger partial charge in [0.1, 0.15) is 5.82 Å². The lowest BCUT2D eigenvalue weighted by molar-refractivity contribution is 0.180. The van der Waals surface area contributed by atoms with E-state index in [2.05, 4.69) is 35.1 Å². The van der Waals surface area contributed by atoms with Gasteiger partial charge >= 0.3 is 0 Å². The van der Waals surface area contributed by atoms with Gasteiger partial charge in [0.2, 0.25) is 0 Å². The highest BCUT2D eigenvalue weighted by molar-refractivity contribution is 9.10. The van der Waals surface area contributed by atoms with Crippen molar-refractivity contribution in [2.45, 2.75) is 39.2 Å². The molecule has 0 radical (unpaired) electrons. The molecule has 1 aromatic carbocycles. The molecule has 1 fully saturated rings. The van der Waals surface area contributed by atoms with Crippen LogP contribution in [0.2, 0.25) is 0 Å². The minimum absolute atomic E-state index is 0.191. The Hall–Kier alpha value is -0.410. The van der Waals surface area contributed by atoms with E-state index >= 15 is 0 Å². The lowest BCUT2D eigenvalue weighted by atomic mass is 9.72. The normalized spacial score (nSPS) is 29.2. The summed E-state index contributed by atoms with van der Waals surface area (Å²) in [6.45, 7) is 4.69. The van der Waals surface area contributed by atoms with E-state index in [4.69, 9.17) is 0 Å². The fourth-order valence-electron chi connectivity index (χ4n) is 3.66. The Morgan fingerprint density at radius 1 is 1.21 bits per heavy atom. The van der Waals surface area contributed by atoms with E-state index < -0.39 is 0 Å². The fraction of sp³-hybridized carbons (Fsp3) is 0.625. The Balaban J connectivity index is 2.21. The van der Waals surface area contributed by atoms with Crippen molar-refractivity contribution in [3.63, 3.8) is 0 Å². The van der Waals surface area contributed by atoms with Gasteiger partial charge in [0.05, 0.1) is 4.47 Å². The Morgan fingerprint density at radius 2 is 1.84 bits per heavy atom. The van der Waals surface area contributed by atoms with Crippen molar-refractivity contribution in [2.75, 3.05) is 7.05 Å². The summed E-state index contributed by atoms with van der Waals surface area (Å²) in [6.07, 6.45) is 3.84. The first-order chi connectivity index (χ1) is 9.01. The molecule has 1 saturated carbocycles. The lowest BCUT2D eigenvalue weighted by Gasteiger charge is -2.36. The molecule has 19 heavy (non-hydrogen) atoms. The molecule has 0 aliphatic heterocycles. The molecule has 0 saturated heterocycles. The van der Waals surface area contributed by atoms with Gasteiger partial charge in [-0.25, -0.2) is 4.39 Å². The van der Waals surface area contributed by atoms with Gasteiger partial charge in [0.15, 0.2) is 0 Å². The first-order valence-electron chi connectivity index (χ1n) is 7.13. The number of benzene rings is 1. The van der Waals surface area contributed by atoms with Crippen LogP contribution in [0.5, 0.6) is 0 Å². The summed E-state index contributed by atoms with van der Waals surface area (Å²) < 4.78 is 13.9. The van der Waals surface area contributed by atoms with Crippen molar-refractivity contribution in [3.8, 4) is 0 Å². The van der Waals surface area contributed by atoms with Gasteiger partial charge in [0, 0.05) is 6.04 Å². The molecule has 1 N–H and O–H groups in total. The van der Waals surface area contributed by atoms with Gasteiger partial charge in [0.25, 0.3) is 0 Å². The van der Waals surface area contributed by atoms with Crippen LogP contribution in [0.4, 0.5) is 4.39 Å². The van der Waals surface area contributed by atoms with Crippen LogP contribution in [-0.2, 0) is 0 Å². The van der Waals surface area contributed by atoms with Crippen LogP contribution in [0.3, 0.4) is 0 Å². The number of hydrogen-bond donors (Lipinski definition) is 1. The third kappa shape index (κ3) is 3.57. The van der Waals surface area contributed by atoms with E-state index in [9.17, 15) is 4.39 Å². The molecule has 106 valence electrons. The van der Waals surface area contributed by atoms with Crippen LogP contribution in [0, 0.1) is 23.6 Å². The number of halogens is 2. The van der Waals surface area contributed by atoms with Crippen molar-refractivity contribution in [1.82, 2.24) is 5.32 Å². The van der Waals surface area contributed by atoms with E-state index in [1.54, 1.807) is 6.07 Å². The lowest BCUT2D eigenvalue weighted by Crippen LogP contribution is -2.31. The first-order valence-corrected chi connectivity index (χ1v) is 7.92. The molecule has 2 rings (SSSR count). The van der Waals surface area contributed by atoms with Gasteiger partial charge < -0.3 is 5.32 Å². The van der Waals surface area contributed by atoms with Gasteiger partial charge in [-0.2, -0.15) is 0 Å². The molecule has 0 heterocycles. The molecular weight excluding hydrogens is 305 g/mol. The van der Waals surface area contributed by atoms with Crippen molar-refractivity contribution in [1.29, 1.82) is 0 Å². The van der Waals surface area contributed by atoms with Crippen molar-refractivity contribution >= 4 is 15.9 Å². The molecule has 1 aliphatic rings. The monoisotopic (exact) mass is 327 g/mol. The SMILES string of the molecule is CNC(c1ccc(F)c(Br)c1)C1CC(C)CC(C)C1. The van der Waals surface area contributed by atoms with Gasteiger partial charge in [-0.05, 0) is 77.7 Å². The zero-order chi connectivity index (χ0) is 14.0. The molecule has 0 aromatic heterocycles. The third-order valence-corrected chi connectivity index (χ3v) is 4.91. The number of nitrogens with one attached hydrogen (secondary N) is 1. The highest BCUT2D eigenvalue weighted by atomic mass is 79.9. The van der Waals surface area contributed by atoms with Crippen LogP contribution in [0.25, 0.3) is 0 Å². The first kappa shape index (κ1) is 15.0. The Kier molecular flexibility index (Phi) is 5.02. The second-order valence-electron chi connectivity index (χ2n) is 6.12. The van der Waals surface area contributed by atoms with Gasteiger partial charge in [-0.1, -0.05) is 19.9 Å². The second-order valence-corrected chi connectivity index (χ2v) is 6.97. The van der Waals surface area contributed by atoms with Gasteiger partial charge in [-0.15, -0.1) is 0 Å². The molecule has 0 bridgehead atoms. The van der Waals surface area contributed by atoms with Crippen molar-refractivity contribution < 1.29 is 4.39 Å². The van der Waals surface area contributed by atoms with E-state index in [-0.39, 0.29) is 5.82 Å². The van der Waals surface area contributed by atoms with E-state index in [1.807, 2.05) is 19.2 Å². The summed E-state index contributed by atoms with van der Waals surface area (Å²) in [5, 5.41) is 3.43. The fourth-order valence-corrected chi connectivity index (χ4v) is 4.06. The number of hydrogen-bond acceptors (Lipinski definition) is 1. The standard InChI is InChI=1S/C16H23BrFN/c1-10-6-11(2)8-13(7-10)16(19-3)12-4-5-15(18)14(17)9-12/h4-5,9-11,13,16,19H,6-8H2,1-3H3. The van der Waals surface area contributed by atoms with Crippen molar-refractivity contribution in [2.24, 2.45) is 17.8 Å². The average Bonchev–Trinajstić information content (AvgIpc) is 2.33. The maximum atomic E-state index is 13.4. The molecule has 1 aliphatic carbocycles. The topological polar surface area (TPSA) is 12.0 Å². The summed E-state index contributed by atoms with van der Waals surface area (Å²) in [6, 6.07) is 5.70. The van der Waals surface area contributed by atoms with E-state index in [0.29, 0.717) is 16.4 Å². The third-order valence-electron chi connectivity index (χ3n) is 4.30. The van der Waals surface area contributed by atoms with Crippen LogP contribution >= 0.6 is 15.9 Å². The minimum Gasteiger partial charge on any atom is -0.313 e. The molecule has 3 atom stereocenters. The highest BCUT2D eigenvalue weighted by Crippen LogP contribution is 2.40. The molecule has 3 unspecified atom stereocenters. The van der Waals surface area contributed by atoms with Gasteiger partial charge in [-0.3, -0.25) is 0 Å². The average molecular weight is 328 g/mol. The highest BCUT2D eigenvalue weighted by Gasteiger charge is 2.30. The van der Waals surface area contributed by atoms with Crippen LogP contribution < -0.4 is 5.32 Å². The second kappa shape index (κ2) is 6.36. The van der Waals surface area contributed by atoms with Crippen LogP contribution in [0.15, 0.2) is 22.7 Å². The molecule has 1 aromatic rings. The Morgan fingerprint density at radius 3 is 2.37 bits per heavy atom. The van der Waals surface area contributed by atoms with E-state index in [1.165, 1.54) is 24.8 Å². The van der Waals surface area contributed by atoms with Crippen LogP contribution in [0.1, 0.15) is 44.7 Å². The zero-order valence-corrected chi connectivity index (χ0v) is 13.5. The number of rotatable bonds is 3. The smallest absolute Gasteiger partial charge is 0.137 e. The molecule has 0 spiro atoms. The minimum atomic E-state index is -0.191. The van der Waals surface area contributed by atoms with E-state index in [0.717, 1.165) is 11.8 Å². The quantitative estimate of drug-likeness (QED) is 0.830. The maximum Gasteiger partial charge on any atom is 0.137 e. The molecule has 0 amide bonds. The van der Waals surface area contributed by atoms with Crippen molar-refractivity contribution in [3.05, 3.63) is 34.1 Å². The maximum absolute atomic E-state index is 13.4. The summed E-state index contributed by atoms with van der Waals surface area (Å²) >= 11 is 3.29. The zero-order valence-electron chi connectivity index (χ0n) is 11.9.